The Bertz CT molecular complexity index is 658. The number of hydrogen-bond acceptors (Lipinski definition) is 4. The van der Waals surface area contributed by atoms with Crippen LogP contribution < -0.4 is 15.4 Å². The maximum Gasteiger partial charge on any atom is 0.237 e. The third kappa shape index (κ3) is 4.97. The van der Waals surface area contributed by atoms with Crippen LogP contribution in [-0.2, 0) is 16.1 Å². The largest absolute Gasteiger partial charge is 0.496 e. The first-order valence-corrected chi connectivity index (χ1v) is 9.25. The number of amides is 2. The molecule has 0 radical (unpaired) electrons. The topological polar surface area (TPSA) is 70.7 Å². The van der Waals surface area contributed by atoms with Crippen molar-refractivity contribution in [2.24, 2.45) is 5.92 Å². The summed E-state index contributed by atoms with van der Waals surface area (Å²) in [5.74, 6) is 1.11. The maximum atomic E-state index is 12.4. The monoisotopic (exact) mass is 361 g/mol. The SMILES string of the molecule is COc1ccc(CN2CCNC(=O)[C@H]2CC(=O)NCC(C)C)c(C)c1C. The van der Waals surface area contributed by atoms with Crippen LogP contribution >= 0.6 is 0 Å². The first-order chi connectivity index (χ1) is 12.3. The summed E-state index contributed by atoms with van der Waals surface area (Å²) < 4.78 is 5.38. The fourth-order valence-corrected chi connectivity index (χ4v) is 3.20. The number of benzene rings is 1. The zero-order valence-corrected chi connectivity index (χ0v) is 16.5. The number of carbonyl (C=O) groups excluding carboxylic acids is 2. The molecule has 0 aliphatic carbocycles. The highest BCUT2D eigenvalue weighted by Gasteiger charge is 2.31. The van der Waals surface area contributed by atoms with Gasteiger partial charge in [0, 0.05) is 26.2 Å². The van der Waals surface area contributed by atoms with E-state index < -0.39 is 6.04 Å². The molecule has 0 saturated carbocycles. The molecule has 1 aliphatic heterocycles. The number of hydrogen-bond donors (Lipinski definition) is 2. The van der Waals surface area contributed by atoms with E-state index in [2.05, 4.69) is 36.3 Å². The normalized spacial score (nSPS) is 17.9. The van der Waals surface area contributed by atoms with Crippen LogP contribution in [-0.4, -0.2) is 49.5 Å². The van der Waals surface area contributed by atoms with Crippen LogP contribution in [0.2, 0.25) is 0 Å². The Morgan fingerprint density at radius 1 is 1.35 bits per heavy atom. The van der Waals surface area contributed by atoms with E-state index in [4.69, 9.17) is 4.74 Å². The molecule has 6 nitrogen and oxygen atoms in total. The van der Waals surface area contributed by atoms with E-state index in [1.807, 2.05) is 19.1 Å². The van der Waals surface area contributed by atoms with Crippen LogP contribution in [0.3, 0.4) is 0 Å². The molecule has 0 unspecified atom stereocenters. The van der Waals surface area contributed by atoms with Gasteiger partial charge in [-0.3, -0.25) is 14.5 Å². The molecule has 1 aromatic rings. The quantitative estimate of drug-likeness (QED) is 0.777. The van der Waals surface area contributed by atoms with Crippen molar-refractivity contribution in [3.8, 4) is 5.75 Å². The lowest BCUT2D eigenvalue weighted by Crippen LogP contribution is -2.56. The zero-order chi connectivity index (χ0) is 19.3. The molecule has 2 N–H and O–H groups in total. The van der Waals surface area contributed by atoms with Gasteiger partial charge in [0.2, 0.25) is 11.8 Å². The van der Waals surface area contributed by atoms with Crippen molar-refractivity contribution >= 4 is 11.8 Å². The van der Waals surface area contributed by atoms with Gasteiger partial charge in [0.05, 0.1) is 19.6 Å². The Balaban J connectivity index is 2.11. The highest BCUT2D eigenvalue weighted by Crippen LogP contribution is 2.25. The molecular formula is C20H31N3O3. The number of methoxy groups -OCH3 is 1. The predicted octanol–water partition coefficient (Wildman–Crippen LogP) is 1.77. The van der Waals surface area contributed by atoms with Gasteiger partial charge >= 0.3 is 0 Å². The van der Waals surface area contributed by atoms with Crippen LogP contribution in [0.1, 0.15) is 37.0 Å². The minimum Gasteiger partial charge on any atom is -0.496 e. The summed E-state index contributed by atoms with van der Waals surface area (Å²) in [4.78, 5) is 26.7. The Labute approximate surface area is 156 Å². The van der Waals surface area contributed by atoms with E-state index in [-0.39, 0.29) is 18.2 Å². The molecule has 1 aliphatic rings. The van der Waals surface area contributed by atoms with E-state index in [0.29, 0.717) is 25.6 Å². The van der Waals surface area contributed by atoms with Gasteiger partial charge in [-0.1, -0.05) is 19.9 Å². The summed E-state index contributed by atoms with van der Waals surface area (Å²) in [7, 11) is 1.67. The van der Waals surface area contributed by atoms with Gasteiger partial charge in [-0.25, -0.2) is 0 Å². The van der Waals surface area contributed by atoms with Crippen molar-refractivity contribution in [3.05, 3.63) is 28.8 Å². The lowest BCUT2D eigenvalue weighted by Gasteiger charge is -2.35. The zero-order valence-electron chi connectivity index (χ0n) is 16.5. The average Bonchev–Trinajstić information content (AvgIpc) is 2.60. The summed E-state index contributed by atoms with van der Waals surface area (Å²) in [5, 5.41) is 5.79. The lowest BCUT2D eigenvalue weighted by molar-refractivity contribution is -0.134. The molecule has 0 bridgehead atoms. The van der Waals surface area contributed by atoms with E-state index in [0.717, 1.165) is 23.4 Å². The van der Waals surface area contributed by atoms with Crippen LogP contribution in [0.25, 0.3) is 0 Å². The standard InChI is InChI=1S/C20H31N3O3/c1-13(2)11-22-19(24)10-17-20(25)21-8-9-23(17)12-16-6-7-18(26-5)15(4)14(16)3/h6-7,13,17H,8-12H2,1-5H3,(H,21,25)(H,22,24)/t17-/m1/s1. The van der Waals surface area contributed by atoms with Crippen LogP contribution in [0.5, 0.6) is 5.75 Å². The molecule has 2 rings (SSSR count). The maximum absolute atomic E-state index is 12.4. The third-order valence-corrected chi connectivity index (χ3v) is 4.97. The van der Waals surface area contributed by atoms with Gasteiger partial charge < -0.3 is 15.4 Å². The number of ether oxygens (including phenoxy) is 1. The number of rotatable bonds is 7. The van der Waals surface area contributed by atoms with Crippen LogP contribution in [0.15, 0.2) is 12.1 Å². The van der Waals surface area contributed by atoms with Gasteiger partial charge in [0.1, 0.15) is 5.75 Å². The molecular weight excluding hydrogens is 330 g/mol. The van der Waals surface area contributed by atoms with E-state index >= 15 is 0 Å². The second-order valence-corrected chi connectivity index (χ2v) is 7.36. The highest BCUT2D eigenvalue weighted by molar-refractivity contribution is 5.88. The second kappa shape index (κ2) is 9.03. The number of nitrogens with zero attached hydrogens (tertiary/aromatic N) is 1. The minimum atomic E-state index is -0.433. The average molecular weight is 361 g/mol. The Morgan fingerprint density at radius 3 is 2.73 bits per heavy atom. The molecule has 1 saturated heterocycles. The highest BCUT2D eigenvalue weighted by atomic mass is 16.5. The molecule has 0 spiro atoms. The predicted molar refractivity (Wildman–Crippen MR) is 102 cm³/mol. The lowest BCUT2D eigenvalue weighted by atomic mass is 10.00. The van der Waals surface area contributed by atoms with Gasteiger partial charge in [-0.15, -0.1) is 0 Å². The second-order valence-electron chi connectivity index (χ2n) is 7.36. The number of piperazine rings is 1. The van der Waals surface area contributed by atoms with Gasteiger partial charge in [0.15, 0.2) is 0 Å². The van der Waals surface area contributed by atoms with Crippen molar-refractivity contribution in [3.63, 3.8) is 0 Å². The Kier molecular flexibility index (Phi) is 7.03. The van der Waals surface area contributed by atoms with Crippen molar-refractivity contribution in [2.75, 3.05) is 26.7 Å². The molecule has 26 heavy (non-hydrogen) atoms. The Morgan fingerprint density at radius 2 is 2.08 bits per heavy atom. The molecule has 1 atom stereocenters. The van der Waals surface area contributed by atoms with Crippen molar-refractivity contribution in [1.82, 2.24) is 15.5 Å². The van der Waals surface area contributed by atoms with Crippen LogP contribution in [0.4, 0.5) is 0 Å². The number of nitrogens with one attached hydrogen (secondary N) is 2. The summed E-state index contributed by atoms with van der Waals surface area (Å²) in [6.45, 7) is 10.8. The molecule has 6 heteroatoms. The first kappa shape index (κ1) is 20.2. The van der Waals surface area contributed by atoms with Gasteiger partial charge in [-0.05, 0) is 42.5 Å². The third-order valence-electron chi connectivity index (χ3n) is 4.97. The molecule has 1 fully saturated rings. The van der Waals surface area contributed by atoms with E-state index in [9.17, 15) is 9.59 Å². The minimum absolute atomic E-state index is 0.0705. The van der Waals surface area contributed by atoms with Crippen LogP contribution in [0, 0.1) is 19.8 Å². The summed E-state index contributed by atoms with van der Waals surface area (Å²) in [6.07, 6.45) is 0.187. The summed E-state index contributed by atoms with van der Waals surface area (Å²) >= 11 is 0. The molecule has 1 aromatic carbocycles. The Hall–Kier alpha value is -2.08. The van der Waals surface area contributed by atoms with E-state index in [1.54, 1.807) is 7.11 Å². The molecule has 2 amide bonds. The first-order valence-electron chi connectivity index (χ1n) is 9.25. The summed E-state index contributed by atoms with van der Waals surface area (Å²) in [6, 6.07) is 3.58. The van der Waals surface area contributed by atoms with Gasteiger partial charge in [-0.2, -0.15) is 0 Å². The molecule has 144 valence electrons. The van der Waals surface area contributed by atoms with Crippen molar-refractivity contribution in [2.45, 2.75) is 46.7 Å². The van der Waals surface area contributed by atoms with Crippen molar-refractivity contribution in [1.29, 1.82) is 0 Å². The number of carbonyl (C=O) groups is 2. The van der Waals surface area contributed by atoms with E-state index in [1.165, 1.54) is 5.56 Å². The van der Waals surface area contributed by atoms with Gasteiger partial charge in [0.25, 0.3) is 0 Å². The molecule has 0 aromatic heterocycles. The molecule has 1 heterocycles. The fourth-order valence-electron chi connectivity index (χ4n) is 3.20. The smallest absolute Gasteiger partial charge is 0.237 e. The van der Waals surface area contributed by atoms with Crippen molar-refractivity contribution < 1.29 is 14.3 Å². The fraction of sp³-hybridized carbons (Fsp3) is 0.600. The summed E-state index contributed by atoms with van der Waals surface area (Å²) in [5.41, 5.74) is 3.43.